The Kier molecular flexibility index (Phi) is 4.06. The Hall–Kier alpha value is -1.01. The molecule has 2 heterocycles. The topological polar surface area (TPSA) is 50.7 Å². The van der Waals surface area contributed by atoms with Crippen molar-refractivity contribution < 1.29 is 0 Å². The third-order valence-corrected chi connectivity index (χ3v) is 3.68. The molecule has 0 aliphatic rings. The van der Waals surface area contributed by atoms with E-state index in [0.29, 0.717) is 5.82 Å². The monoisotopic (exact) mass is 312 g/mol. The van der Waals surface area contributed by atoms with Gasteiger partial charge in [0.25, 0.3) is 0 Å². The molecule has 0 amide bonds. The van der Waals surface area contributed by atoms with E-state index in [1.165, 1.54) is 0 Å². The van der Waals surface area contributed by atoms with Gasteiger partial charge in [-0.1, -0.05) is 6.92 Å². The van der Waals surface area contributed by atoms with Gasteiger partial charge in [0.1, 0.15) is 11.5 Å². The summed E-state index contributed by atoms with van der Waals surface area (Å²) >= 11 is 5.08. The van der Waals surface area contributed by atoms with Crippen LogP contribution in [0.5, 0.6) is 0 Å². The van der Waals surface area contributed by atoms with Crippen LogP contribution in [0.1, 0.15) is 19.5 Å². The Labute approximate surface area is 113 Å². The second-order valence-electron chi connectivity index (χ2n) is 3.41. The molecule has 6 heteroatoms. The first-order valence-electron chi connectivity index (χ1n) is 5.45. The molecule has 2 rings (SSSR count). The van der Waals surface area contributed by atoms with Gasteiger partial charge in [-0.3, -0.25) is 0 Å². The number of nitrogens with one attached hydrogen (secondary N) is 1. The maximum Gasteiger partial charge on any atom is 0.181 e. The van der Waals surface area contributed by atoms with E-state index in [-0.39, 0.29) is 0 Å². The van der Waals surface area contributed by atoms with Crippen molar-refractivity contribution in [2.75, 3.05) is 11.9 Å². The van der Waals surface area contributed by atoms with Gasteiger partial charge < -0.3 is 5.32 Å². The highest BCUT2D eigenvalue weighted by Gasteiger charge is 2.12. The fourth-order valence-corrected chi connectivity index (χ4v) is 2.58. The first-order chi connectivity index (χ1) is 8.26. The molecule has 1 N–H and O–H groups in total. The average Bonchev–Trinajstić information content (AvgIpc) is 2.85. The lowest BCUT2D eigenvalue weighted by Gasteiger charge is -2.10. The first-order valence-corrected chi connectivity index (χ1v) is 7.18. The Balaban J connectivity index is 2.50. The van der Waals surface area contributed by atoms with Crippen LogP contribution >= 0.6 is 27.3 Å². The summed E-state index contributed by atoms with van der Waals surface area (Å²) in [5, 5.41) is 5.19. The summed E-state index contributed by atoms with van der Waals surface area (Å²) in [6.45, 7) is 4.95. The number of rotatable bonds is 4. The van der Waals surface area contributed by atoms with Gasteiger partial charge in [-0.25, -0.2) is 15.0 Å². The number of nitrogens with zero attached hydrogens (tertiary/aromatic N) is 3. The van der Waals surface area contributed by atoms with Gasteiger partial charge in [-0.15, -0.1) is 11.3 Å². The molecule has 2 aromatic heterocycles. The summed E-state index contributed by atoms with van der Waals surface area (Å²) in [5.41, 5.74) is 3.62. The van der Waals surface area contributed by atoms with E-state index in [0.717, 1.165) is 34.6 Å². The highest BCUT2D eigenvalue weighted by atomic mass is 79.9. The second-order valence-corrected chi connectivity index (χ2v) is 4.93. The number of halogens is 1. The van der Waals surface area contributed by atoms with Gasteiger partial charge in [0.15, 0.2) is 5.82 Å². The van der Waals surface area contributed by atoms with Crippen LogP contribution in [0.3, 0.4) is 0 Å². The molecule has 0 saturated carbocycles. The number of anilines is 1. The molecule has 0 aliphatic heterocycles. The van der Waals surface area contributed by atoms with E-state index >= 15 is 0 Å². The summed E-state index contributed by atoms with van der Waals surface area (Å²) < 4.78 is 0.945. The predicted octanol–water partition coefficient (Wildman–Crippen LogP) is 3.36. The highest BCUT2D eigenvalue weighted by Crippen LogP contribution is 2.27. The summed E-state index contributed by atoms with van der Waals surface area (Å²) in [7, 11) is 0. The van der Waals surface area contributed by atoms with Crippen molar-refractivity contribution in [1.82, 2.24) is 15.0 Å². The fraction of sp³-hybridized carbons (Fsp3) is 0.364. The minimum atomic E-state index is 0.683. The molecule has 0 saturated heterocycles. The van der Waals surface area contributed by atoms with E-state index in [2.05, 4.69) is 43.1 Å². The van der Waals surface area contributed by atoms with Crippen molar-refractivity contribution in [1.29, 1.82) is 0 Å². The molecular formula is C11H13BrN4S. The second kappa shape index (κ2) is 5.55. The Bertz CT molecular complexity index is 498. The molecule has 0 unspecified atom stereocenters. The first kappa shape index (κ1) is 12.4. The zero-order chi connectivity index (χ0) is 12.3. The lowest BCUT2D eigenvalue weighted by Crippen LogP contribution is -2.05. The van der Waals surface area contributed by atoms with Crippen LogP contribution in [0, 0.1) is 0 Å². The van der Waals surface area contributed by atoms with Gasteiger partial charge in [0, 0.05) is 11.9 Å². The number of aromatic nitrogens is 3. The summed E-state index contributed by atoms with van der Waals surface area (Å²) in [6.07, 6.45) is 0.860. The van der Waals surface area contributed by atoms with E-state index in [1.54, 1.807) is 16.8 Å². The van der Waals surface area contributed by atoms with Crippen LogP contribution in [-0.2, 0) is 6.42 Å². The maximum atomic E-state index is 4.52. The average molecular weight is 313 g/mol. The van der Waals surface area contributed by atoms with Gasteiger partial charge in [-0.05, 0) is 29.3 Å². The van der Waals surface area contributed by atoms with Gasteiger partial charge in [0.2, 0.25) is 0 Å². The molecule has 0 radical (unpaired) electrons. The smallest absolute Gasteiger partial charge is 0.181 e. The largest absolute Gasteiger partial charge is 0.369 e. The van der Waals surface area contributed by atoms with Gasteiger partial charge in [-0.2, -0.15) is 0 Å². The number of hydrogen-bond acceptors (Lipinski definition) is 5. The Morgan fingerprint density at radius 2 is 2.18 bits per heavy atom. The van der Waals surface area contributed by atoms with Gasteiger partial charge in [0.05, 0.1) is 15.7 Å². The van der Waals surface area contributed by atoms with Crippen molar-refractivity contribution in [3.05, 3.63) is 21.1 Å². The molecule has 0 bridgehead atoms. The third-order valence-electron chi connectivity index (χ3n) is 2.26. The lowest BCUT2D eigenvalue weighted by molar-refractivity contribution is 0.980. The lowest BCUT2D eigenvalue weighted by atomic mass is 10.3. The molecule has 90 valence electrons. The zero-order valence-electron chi connectivity index (χ0n) is 9.70. The fourth-order valence-electron chi connectivity index (χ4n) is 1.45. The predicted molar refractivity (Wildman–Crippen MR) is 74.4 cm³/mol. The summed E-state index contributed by atoms with van der Waals surface area (Å²) in [4.78, 5) is 13.3. The molecule has 0 aliphatic carbocycles. The SMILES string of the molecule is CCNc1nc(-c2cscn2)nc(CC)c1Br. The van der Waals surface area contributed by atoms with E-state index in [4.69, 9.17) is 0 Å². The number of thiazole rings is 1. The van der Waals surface area contributed by atoms with Crippen LogP contribution in [0.2, 0.25) is 0 Å². The van der Waals surface area contributed by atoms with Crippen molar-refractivity contribution in [3.8, 4) is 11.5 Å². The van der Waals surface area contributed by atoms with E-state index in [9.17, 15) is 0 Å². The Morgan fingerprint density at radius 3 is 2.76 bits per heavy atom. The van der Waals surface area contributed by atoms with Crippen LogP contribution in [0.25, 0.3) is 11.5 Å². The van der Waals surface area contributed by atoms with E-state index < -0.39 is 0 Å². The quantitative estimate of drug-likeness (QED) is 0.940. The van der Waals surface area contributed by atoms with Crippen molar-refractivity contribution in [3.63, 3.8) is 0 Å². The van der Waals surface area contributed by atoms with E-state index in [1.807, 2.05) is 12.3 Å². The highest BCUT2D eigenvalue weighted by molar-refractivity contribution is 9.10. The minimum Gasteiger partial charge on any atom is -0.369 e. The van der Waals surface area contributed by atoms with Crippen LogP contribution in [0.15, 0.2) is 15.4 Å². The molecule has 0 fully saturated rings. The Morgan fingerprint density at radius 1 is 1.35 bits per heavy atom. The molecular weight excluding hydrogens is 300 g/mol. The molecule has 0 spiro atoms. The van der Waals surface area contributed by atoms with Crippen molar-refractivity contribution in [2.45, 2.75) is 20.3 Å². The third kappa shape index (κ3) is 2.63. The summed E-state index contributed by atoms with van der Waals surface area (Å²) in [5.74, 6) is 1.52. The zero-order valence-corrected chi connectivity index (χ0v) is 12.1. The minimum absolute atomic E-state index is 0.683. The standard InChI is InChI=1S/C11H13BrN4S/c1-3-7-9(12)11(13-4-2)16-10(15-7)8-5-17-6-14-8/h5-6H,3-4H2,1-2H3,(H,13,15,16). The van der Waals surface area contributed by atoms with Crippen molar-refractivity contribution in [2.24, 2.45) is 0 Å². The normalized spacial score (nSPS) is 10.5. The number of aryl methyl sites for hydroxylation is 1. The summed E-state index contributed by atoms with van der Waals surface area (Å²) in [6, 6.07) is 0. The van der Waals surface area contributed by atoms with Crippen molar-refractivity contribution >= 4 is 33.1 Å². The molecule has 0 atom stereocenters. The molecule has 0 aromatic carbocycles. The molecule has 2 aromatic rings. The van der Waals surface area contributed by atoms with Crippen LogP contribution in [-0.4, -0.2) is 21.5 Å². The molecule has 4 nitrogen and oxygen atoms in total. The number of hydrogen-bond donors (Lipinski definition) is 1. The van der Waals surface area contributed by atoms with Gasteiger partial charge >= 0.3 is 0 Å². The van der Waals surface area contributed by atoms with Crippen LogP contribution in [0.4, 0.5) is 5.82 Å². The molecule has 17 heavy (non-hydrogen) atoms. The maximum absolute atomic E-state index is 4.52. The van der Waals surface area contributed by atoms with Crippen LogP contribution < -0.4 is 5.32 Å².